The molecule has 1 aromatic heterocycles. The highest BCUT2D eigenvalue weighted by Gasteiger charge is 2.18. The summed E-state index contributed by atoms with van der Waals surface area (Å²) in [6.07, 6.45) is 0. The molecule has 1 heterocycles. The van der Waals surface area contributed by atoms with Gasteiger partial charge < -0.3 is 10.7 Å². The van der Waals surface area contributed by atoms with E-state index in [0.717, 1.165) is 8.04 Å². The number of halogens is 2. The zero-order valence-corrected chi connectivity index (χ0v) is 13.6. The molecule has 0 fully saturated rings. The topological polar surface area (TPSA) is 106 Å². The molecular formula is C13H6BrIN4O. The lowest BCUT2D eigenvalue weighted by Crippen LogP contribution is -2.16. The number of nitrogen functional groups attached to an aromatic ring is 1. The summed E-state index contributed by atoms with van der Waals surface area (Å²) in [5.41, 5.74) is 5.87. The first-order chi connectivity index (χ1) is 9.49. The Balaban J connectivity index is 2.92. The fourth-order valence-corrected chi connectivity index (χ4v) is 2.50. The maximum absolute atomic E-state index is 11.8. The smallest absolute Gasteiger partial charge is 0.268 e. The third kappa shape index (κ3) is 2.42. The molecule has 0 unspecified atom stereocenters. The second kappa shape index (κ2) is 5.65. The Bertz CT molecular complexity index is 845. The van der Waals surface area contributed by atoms with E-state index in [9.17, 15) is 10.1 Å². The maximum atomic E-state index is 11.8. The Labute approximate surface area is 136 Å². The fourth-order valence-electron chi connectivity index (χ4n) is 1.78. The maximum Gasteiger partial charge on any atom is 0.268 e. The molecule has 98 valence electrons. The third-order valence-corrected chi connectivity index (χ3v) is 5.01. The van der Waals surface area contributed by atoms with Crippen molar-refractivity contribution in [2.24, 2.45) is 0 Å². The summed E-state index contributed by atoms with van der Waals surface area (Å²) < 4.78 is 1.78. The molecule has 1 aromatic carbocycles. The predicted octanol–water partition coefficient (Wildman–Crippen LogP) is 2.73. The van der Waals surface area contributed by atoms with Gasteiger partial charge in [-0.3, -0.25) is 4.79 Å². The van der Waals surface area contributed by atoms with Gasteiger partial charge in [-0.1, -0.05) is 6.07 Å². The standard InChI is InChI=1S/C13H6BrIN4O/c14-9-3-6(1-2-10(9)15)11-7(4-16)12(18)19-13(20)8(11)5-17/h1-3H,(H3,18,19,20). The first-order valence-electron chi connectivity index (χ1n) is 5.31. The van der Waals surface area contributed by atoms with Crippen LogP contribution in [0.2, 0.25) is 0 Å². The molecule has 7 heteroatoms. The molecule has 0 amide bonds. The van der Waals surface area contributed by atoms with Gasteiger partial charge in [-0.2, -0.15) is 10.5 Å². The van der Waals surface area contributed by atoms with Crippen molar-refractivity contribution in [2.45, 2.75) is 0 Å². The molecule has 0 aliphatic rings. The van der Waals surface area contributed by atoms with Gasteiger partial charge in [0, 0.05) is 13.6 Å². The van der Waals surface area contributed by atoms with E-state index in [1.54, 1.807) is 12.1 Å². The van der Waals surface area contributed by atoms with Gasteiger partial charge in [0.15, 0.2) is 0 Å². The van der Waals surface area contributed by atoms with Crippen molar-refractivity contribution < 1.29 is 0 Å². The normalized spacial score (nSPS) is 9.80. The molecule has 3 N–H and O–H groups in total. The zero-order valence-electron chi connectivity index (χ0n) is 9.87. The molecule has 20 heavy (non-hydrogen) atoms. The first-order valence-corrected chi connectivity index (χ1v) is 7.18. The summed E-state index contributed by atoms with van der Waals surface area (Å²) in [6.45, 7) is 0. The monoisotopic (exact) mass is 440 g/mol. The van der Waals surface area contributed by atoms with E-state index in [4.69, 9.17) is 11.0 Å². The zero-order chi connectivity index (χ0) is 14.9. The van der Waals surface area contributed by atoms with Crippen molar-refractivity contribution in [1.29, 1.82) is 10.5 Å². The van der Waals surface area contributed by atoms with Crippen molar-refractivity contribution in [3.8, 4) is 23.3 Å². The minimum atomic E-state index is -0.603. The quantitative estimate of drug-likeness (QED) is 0.664. The lowest BCUT2D eigenvalue weighted by molar-refractivity contribution is 1.21. The summed E-state index contributed by atoms with van der Waals surface area (Å²) in [5.74, 6) is -0.0406. The number of hydrogen-bond acceptors (Lipinski definition) is 4. The van der Waals surface area contributed by atoms with Crippen molar-refractivity contribution >= 4 is 44.3 Å². The minimum Gasteiger partial charge on any atom is -0.384 e. The number of nitrogens with one attached hydrogen (secondary N) is 1. The van der Waals surface area contributed by atoms with Crippen LogP contribution < -0.4 is 11.3 Å². The summed E-state index contributed by atoms with van der Waals surface area (Å²) >= 11 is 5.52. The summed E-state index contributed by atoms with van der Waals surface area (Å²) in [6, 6.07) is 9.07. The van der Waals surface area contributed by atoms with E-state index >= 15 is 0 Å². The van der Waals surface area contributed by atoms with Crippen LogP contribution in [0.15, 0.2) is 27.5 Å². The fraction of sp³-hybridized carbons (Fsp3) is 0. The summed E-state index contributed by atoms with van der Waals surface area (Å²) in [4.78, 5) is 14.1. The van der Waals surface area contributed by atoms with E-state index in [1.165, 1.54) is 0 Å². The van der Waals surface area contributed by atoms with Gasteiger partial charge in [-0.05, 0) is 56.2 Å². The van der Waals surface area contributed by atoms with Crippen LogP contribution in [0.25, 0.3) is 11.1 Å². The Hall–Kier alpha value is -1.84. The van der Waals surface area contributed by atoms with Gasteiger partial charge in [0.05, 0.1) is 0 Å². The van der Waals surface area contributed by atoms with Crippen molar-refractivity contribution in [2.75, 3.05) is 5.73 Å². The number of pyridine rings is 1. The van der Waals surface area contributed by atoms with Crippen molar-refractivity contribution in [1.82, 2.24) is 4.98 Å². The number of benzene rings is 1. The number of hydrogen-bond donors (Lipinski definition) is 2. The van der Waals surface area contributed by atoms with Gasteiger partial charge in [0.2, 0.25) is 0 Å². The average Bonchev–Trinajstić information content (AvgIpc) is 2.41. The van der Waals surface area contributed by atoms with E-state index < -0.39 is 5.56 Å². The van der Waals surface area contributed by atoms with Crippen LogP contribution in [-0.4, -0.2) is 4.98 Å². The SMILES string of the molecule is N#Cc1c(N)[nH]c(=O)c(C#N)c1-c1ccc(I)c(Br)c1. The molecule has 5 nitrogen and oxygen atoms in total. The second-order valence-corrected chi connectivity index (χ2v) is 5.86. The molecule has 0 aliphatic carbocycles. The lowest BCUT2D eigenvalue weighted by Gasteiger charge is -2.09. The molecule has 0 spiro atoms. The third-order valence-electron chi connectivity index (χ3n) is 2.68. The van der Waals surface area contributed by atoms with Gasteiger partial charge in [-0.25, -0.2) is 0 Å². The molecule has 0 bridgehead atoms. The molecule has 2 rings (SSSR count). The lowest BCUT2D eigenvalue weighted by atomic mass is 9.97. The van der Waals surface area contributed by atoms with E-state index in [-0.39, 0.29) is 22.5 Å². The first kappa shape index (κ1) is 14.6. The number of rotatable bonds is 1. The van der Waals surface area contributed by atoms with E-state index in [2.05, 4.69) is 43.5 Å². The number of anilines is 1. The molecule has 0 atom stereocenters. The molecular weight excluding hydrogens is 435 g/mol. The Morgan fingerprint density at radius 1 is 1.25 bits per heavy atom. The highest BCUT2D eigenvalue weighted by atomic mass is 127. The molecule has 0 aliphatic heterocycles. The van der Waals surface area contributed by atoms with Gasteiger partial charge in [0.1, 0.15) is 29.1 Å². The van der Waals surface area contributed by atoms with Crippen molar-refractivity contribution in [3.63, 3.8) is 0 Å². The van der Waals surface area contributed by atoms with Crippen LogP contribution in [0.4, 0.5) is 5.82 Å². The Morgan fingerprint density at radius 2 is 1.90 bits per heavy atom. The van der Waals surface area contributed by atoms with Crippen LogP contribution in [0.5, 0.6) is 0 Å². The van der Waals surface area contributed by atoms with Gasteiger partial charge in [0.25, 0.3) is 5.56 Å². The largest absolute Gasteiger partial charge is 0.384 e. The second-order valence-electron chi connectivity index (χ2n) is 3.85. The van der Waals surface area contributed by atoms with Crippen LogP contribution in [-0.2, 0) is 0 Å². The number of nitrogens with two attached hydrogens (primary N) is 1. The Morgan fingerprint density at radius 3 is 2.45 bits per heavy atom. The van der Waals surface area contributed by atoms with Crippen molar-refractivity contribution in [3.05, 3.63) is 47.7 Å². The number of H-pyrrole nitrogens is 1. The Kier molecular flexibility index (Phi) is 4.12. The predicted molar refractivity (Wildman–Crippen MR) is 86.8 cm³/mol. The average molecular weight is 441 g/mol. The molecule has 0 saturated heterocycles. The van der Waals surface area contributed by atoms with Crippen LogP contribution >= 0.6 is 38.5 Å². The van der Waals surface area contributed by atoms with Crippen LogP contribution in [0, 0.1) is 26.2 Å². The number of aromatic amines is 1. The molecule has 2 aromatic rings. The molecule has 0 saturated carbocycles. The number of aromatic nitrogens is 1. The molecule has 0 radical (unpaired) electrons. The minimum absolute atomic E-state index is 0.0406. The van der Waals surface area contributed by atoms with E-state index in [0.29, 0.717) is 5.56 Å². The van der Waals surface area contributed by atoms with E-state index in [1.807, 2.05) is 18.2 Å². The van der Waals surface area contributed by atoms with Crippen LogP contribution in [0.1, 0.15) is 11.1 Å². The van der Waals surface area contributed by atoms with Crippen LogP contribution in [0.3, 0.4) is 0 Å². The number of nitrogens with zero attached hydrogens (tertiary/aromatic N) is 2. The summed E-state index contributed by atoms with van der Waals surface area (Å²) in [7, 11) is 0. The highest BCUT2D eigenvalue weighted by molar-refractivity contribution is 14.1. The van der Waals surface area contributed by atoms with Gasteiger partial charge >= 0.3 is 0 Å². The highest BCUT2D eigenvalue weighted by Crippen LogP contribution is 2.31. The number of nitriles is 2. The van der Waals surface area contributed by atoms with Gasteiger partial charge in [-0.15, -0.1) is 0 Å². The summed E-state index contributed by atoms with van der Waals surface area (Å²) in [5, 5.41) is 18.4.